The molecule has 2 fully saturated rings. The summed E-state index contributed by atoms with van der Waals surface area (Å²) < 4.78 is 35.5. The zero-order valence-electron chi connectivity index (χ0n) is 19.0. The molecule has 2 saturated heterocycles. The van der Waals surface area contributed by atoms with Crippen molar-refractivity contribution in [2.24, 2.45) is 5.73 Å². The summed E-state index contributed by atoms with van der Waals surface area (Å²) in [6.07, 6.45) is -3.85. The van der Waals surface area contributed by atoms with E-state index in [9.17, 15) is 5.11 Å². The Bertz CT molecular complexity index is 1380. The summed E-state index contributed by atoms with van der Waals surface area (Å²) in [7, 11) is 0. The molecule has 0 amide bonds. The highest BCUT2D eigenvalue weighted by molar-refractivity contribution is 7.18. The van der Waals surface area contributed by atoms with Gasteiger partial charge >= 0.3 is 0 Å². The summed E-state index contributed by atoms with van der Waals surface area (Å²) in [5, 5.41) is 16.3. The van der Waals surface area contributed by atoms with Gasteiger partial charge in [0.05, 0.1) is 27.9 Å². The van der Waals surface area contributed by atoms with Crippen LogP contribution in [0.3, 0.4) is 0 Å². The van der Waals surface area contributed by atoms with E-state index in [-0.39, 0.29) is 18.1 Å². The highest BCUT2D eigenvalue weighted by Gasteiger charge is 2.49. The van der Waals surface area contributed by atoms with Gasteiger partial charge in [0.25, 0.3) is 0 Å². The van der Waals surface area contributed by atoms with Crippen LogP contribution in [0.1, 0.15) is 34.6 Å². The van der Waals surface area contributed by atoms with Crippen LogP contribution in [0.5, 0.6) is 0 Å². The fraction of sp³-hybridized carbons (Fsp3) is 0.375. The number of thiazole rings is 1. The molecule has 4 aromatic rings. The Kier molecular flexibility index (Phi) is 5.63. The molecule has 35 heavy (non-hydrogen) atoms. The molecular formula is C24H24FN5O4S. The Morgan fingerprint density at radius 2 is 1.91 bits per heavy atom. The first-order valence-corrected chi connectivity index (χ1v) is 12.1. The van der Waals surface area contributed by atoms with Gasteiger partial charge in [-0.05, 0) is 26.0 Å². The summed E-state index contributed by atoms with van der Waals surface area (Å²) in [6.45, 7) is 3.74. The highest BCUT2D eigenvalue weighted by Crippen LogP contribution is 2.39. The van der Waals surface area contributed by atoms with E-state index >= 15 is 4.39 Å². The van der Waals surface area contributed by atoms with Crippen LogP contribution in [0, 0.1) is 19.7 Å². The smallest absolute Gasteiger partial charge is 0.184 e. The molecule has 6 rings (SSSR count). The monoisotopic (exact) mass is 497 g/mol. The van der Waals surface area contributed by atoms with Gasteiger partial charge in [-0.2, -0.15) is 5.10 Å². The molecule has 6 atom stereocenters. The predicted octanol–water partition coefficient (Wildman–Crippen LogP) is 2.88. The molecule has 9 nitrogen and oxygen atoms in total. The van der Waals surface area contributed by atoms with E-state index in [1.54, 1.807) is 19.1 Å². The maximum atomic E-state index is 15.5. The van der Waals surface area contributed by atoms with Crippen LogP contribution in [0.4, 0.5) is 4.39 Å². The molecule has 0 radical (unpaired) electrons. The molecule has 0 spiro atoms. The minimum Gasteiger partial charge on any atom is -0.388 e. The number of nitrogens with two attached hydrogens (primary N) is 1. The van der Waals surface area contributed by atoms with Crippen molar-refractivity contribution >= 4 is 21.6 Å². The fourth-order valence-electron chi connectivity index (χ4n) is 4.68. The van der Waals surface area contributed by atoms with E-state index in [4.69, 9.17) is 19.9 Å². The second-order valence-corrected chi connectivity index (χ2v) is 9.95. The normalized spacial score (nSPS) is 28.8. The van der Waals surface area contributed by atoms with Crippen molar-refractivity contribution in [3.8, 4) is 5.69 Å². The molecule has 4 heterocycles. The Morgan fingerprint density at radius 1 is 1.11 bits per heavy atom. The number of aliphatic hydroxyl groups excluding tert-OH is 1. The number of benzene rings is 2. The summed E-state index contributed by atoms with van der Waals surface area (Å²) >= 11 is 1.27. The predicted molar refractivity (Wildman–Crippen MR) is 126 cm³/mol. The van der Waals surface area contributed by atoms with Crippen LogP contribution in [-0.2, 0) is 14.2 Å². The lowest BCUT2D eigenvalue weighted by Crippen LogP contribution is -2.62. The van der Waals surface area contributed by atoms with E-state index < -0.39 is 42.6 Å². The molecule has 182 valence electrons. The van der Waals surface area contributed by atoms with Gasteiger partial charge in [-0.3, -0.25) is 0 Å². The third-order valence-corrected chi connectivity index (χ3v) is 7.32. The number of hydrogen-bond acceptors (Lipinski definition) is 9. The lowest BCUT2D eigenvalue weighted by atomic mass is 9.92. The van der Waals surface area contributed by atoms with Crippen molar-refractivity contribution in [2.45, 2.75) is 50.6 Å². The summed E-state index contributed by atoms with van der Waals surface area (Å²) in [6, 6.07) is 12.1. The van der Waals surface area contributed by atoms with Crippen LogP contribution < -0.4 is 5.73 Å². The summed E-state index contributed by atoms with van der Waals surface area (Å²) in [5.41, 5.74) is 8.09. The fourth-order valence-corrected chi connectivity index (χ4v) is 5.53. The van der Waals surface area contributed by atoms with Gasteiger partial charge in [-0.15, -0.1) is 11.3 Å². The van der Waals surface area contributed by atoms with E-state index in [1.807, 2.05) is 37.3 Å². The number of fused-ring (bicyclic) bond motifs is 2. The molecule has 0 bridgehead atoms. The third kappa shape index (κ3) is 3.84. The number of nitrogens with zero attached hydrogens (tertiary/aromatic N) is 4. The first-order valence-electron chi connectivity index (χ1n) is 11.3. The molecule has 2 aliphatic rings. The number of aliphatic hydroxyl groups is 1. The Morgan fingerprint density at radius 3 is 2.71 bits per heavy atom. The first-order chi connectivity index (χ1) is 16.9. The van der Waals surface area contributed by atoms with E-state index in [1.165, 1.54) is 16.0 Å². The summed E-state index contributed by atoms with van der Waals surface area (Å²) in [5.74, 6) is 0.210. The molecule has 3 N–H and O–H groups in total. The highest BCUT2D eigenvalue weighted by atomic mass is 32.1. The van der Waals surface area contributed by atoms with Gasteiger partial charge in [-0.25, -0.2) is 19.0 Å². The molecular weight excluding hydrogens is 473 g/mol. The topological polar surface area (TPSA) is 118 Å². The minimum absolute atomic E-state index is 0.198. The second kappa shape index (κ2) is 8.70. The number of halogens is 1. The first kappa shape index (κ1) is 22.7. The van der Waals surface area contributed by atoms with Gasteiger partial charge in [-0.1, -0.05) is 30.3 Å². The van der Waals surface area contributed by atoms with Gasteiger partial charge < -0.3 is 25.1 Å². The zero-order valence-corrected chi connectivity index (χ0v) is 19.9. The number of aromatic nitrogens is 4. The number of ether oxygens (including phenoxy) is 3. The van der Waals surface area contributed by atoms with E-state index in [0.717, 1.165) is 10.6 Å². The van der Waals surface area contributed by atoms with Gasteiger partial charge in [0.15, 0.2) is 17.9 Å². The van der Waals surface area contributed by atoms with Crippen LogP contribution in [0.25, 0.3) is 15.9 Å². The minimum atomic E-state index is -1.16. The number of rotatable bonds is 3. The number of aryl methyl sites for hydroxylation is 2. The van der Waals surface area contributed by atoms with Crippen molar-refractivity contribution in [1.82, 2.24) is 19.7 Å². The SMILES string of the molecule is Cc1nc([C@@H]2OC3COC(c4ccccc4)O[C@@H]3[C@H](N)C2O)n(-c2ccc3nc(C)sc3c2F)n1. The van der Waals surface area contributed by atoms with Crippen LogP contribution >= 0.6 is 11.3 Å². The number of hydrogen-bond donors (Lipinski definition) is 2. The Balaban J connectivity index is 1.32. The van der Waals surface area contributed by atoms with Crippen LogP contribution in [0.15, 0.2) is 42.5 Å². The van der Waals surface area contributed by atoms with Gasteiger partial charge in [0.2, 0.25) is 0 Å². The molecule has 2 aromatic carbocycles. The Labute approximate surface area is 204 Å². The molecule has 0 saturated carbocycles. The largest absolute Gasteiger partial charge is 0.388 e. The van der Waals surface area contributed by atoms with Crippen molar-refractivity contribution in [3.63, 3.8) is 0 Å². The molecule has 3 unspecified atom stereocenters. The maximum absolute atomic E-state index is 15.5. The Hall–Kier alpha value is -2.80. The van der Waals surface area contributed by atoms with Gasteiger partial charge in [0.1, 0.15) is 35.9 Å². The lowest BCUT2D eigenvalue weighted by molar-refractivity contribution is -0.309. The average molecular weight is 498 g/mol. The van der Waals surface area contributed by atoms with E-state index in [0.29, 0.717) is 16.0 Å². The van der Waals surface area contributed by atoms with Crippen molar-refractivity contribution in [2.75, 3.05) is 6.61 Å². The van der Waals surface area contributed by atoms with E-state index in [2.05, 4.69) is 15.1 Å². The van der Waals surface area contributed by atoms with Crippen LogP contribution in [0.2, 0.25) is 0 Å². The summed E-state index contributed by atoms with van der Waals surface area (Å²) in [4.78, 5) is 8.82. The average Bonchev–Trinajstić information content (AvgIpc) is 3.44. The quantitative estimate of drug-likeness (QED) is 0.444. The zero-order chi connectivity index (χ0) is 24.3. The third-order valence-electron chi connectivity index (χ3n) is 6.34. The lowest BCUT2D eigenvalue weighted by Gasteiger charge is -2.46. The van der Waals surface area contributed by atoms with Gasteiger partial charge in [0, 0.05) is 5.56 Å². The standard InChI is InChI=1S/C24H24FN5O4S/c1-11-27-23(30(29-11)15-9-8-14-22(17(15)25)35-12(2)28-14)21-19(31)18(26)20-16(33-21)10-32-24(34-20)13-6-4-3-5-7-13/h3-9,16,18-21,24,31H,10,26H2,1-2H3/t16?,18-,19?,20+,21-,24?/m1/s1. The van der Waals surface area contributed by atoms with Crippen molar-refractivity contribution in [1.29, 1.82) is 0 Å². The molecule has 2 aliphatic heterocycles. The molecule has 11 heteroatoms. The molecule has 2 aromatic heterocycles. The van der Waals surface area contributed by atoms with Crippen LogP contribution in [-0.4, -0.2) is 55.8 Å². The molecule has 0 aliphatic carbocycles. The second-order valence-electron chi connectivity index (χ2n) is 8.75. The van der Waals surface area contributed by atoms with Crippen molar-refractivity contribution < 1.29 is 23.7 Å². The maximum Gasteiger partial charge on any atom is 0.184 e. The van der Waals surface area contributed by atoms with Crippen molar-refractivity contribution in [3.05, 3.63) is 70.5 Å².